The number of likely N-dealkylation sites (N-methyl/N-ethyl adjacent to an activating group) is 1. The Morgan fingerprint density at radius 3 is 2.71 bits per heavy atom. The standard InChI is InChI=1S/C9H17N3O3S2/c1-4-15-6-5-12(2)9-7(17(3,13)14)8(10)11-16-9/h4-6H2,1-3H3,(H2,10,11). The maximum absolute atomic E-state index is 11.6. The SMILES string of the molecule is CCOCCN(C)c1snc(N)c1S(C)(=O)=O. The predicted octanol–water partition coefficient (Wildman–Crippen LogP) is 0.602. The van der Waals surface area contributed by atoms with Gasteiger partial charge in [0.05, 0.1) is 6.61 Å². The van der Waals surface area contributed by atoms with Gasteiger partial charge in [0.15, 0.2) is 15.7 Å². The minimum absolute atomic E-state index is 0.0655. The first-order valence-corrected chi connectivity index (χ1v) is 7.78. The fourth-order valence-corrected chi connectivity index (χ4v) is 3.54. The monoisotopic (exact) mass is 279 g/mol. The Hall–Kier alpha value is -0.860. The maximum Gasteiger partial charge on any atom is 0.182 e. The van der Waals surface area contributed by atoms with E-state index in [1.807, 2.05) is 6.92 Å². The third kappa shape index (κ3) is 3.55. The van der Waals surface area contributed by atoms with Crippen LogP contribution in [-0.4, -0.2) is 45.9 Å². The van der Waals surface area contributed by atoms with Crippen molar-refractivity contribution in [2.75, 3.05) is 43.7 Å². The Bertz CT molecular complexity index is 470. The fraction of sp³-hybridized carbons (Fsp3) is 0.667. The smallest absolute Gasteiger partial charge is 0.182 e. The molecule has 0 saturated carbocycles. The van der Waals surface area contributed by atoms with Crippen LogP contribution >= 0.6 is 11.5 Å². The normalized spacial score (nSPS) is 11.7. The Labute approximate surface area is 105 Å². The van der Waals surface area contributed by atoms with Crippen molar-refractivity contribution in [2.24, 2.45) is 0 Å². The molecule has 8 heteroatoms. The molecule has 0 bridgehead atoms. The highest BCUT2D eigenvalue weighted by atomic mass is 32.2. The summed E-state index contributed by atoms with van der Waals surface area (Å²) in [5, 5.41) is 0.560. The van der Waals surface area contributed by atoms with Crippen LogP contribution in [0.4, 0.5) is 10.8 Å². The zero-order valence-corrected chi connectivity index (χ0v) is 11.8. The molecule has 1 aromatic heterocycles. The number of hydrogen-bond acceptors (Lipinski definition) is 7. The van der Waals surface area contributed by atoms with Gasteiger partial charge in [0, 0.05) is 26.5 Å². The van der Waals surface area contributed by atoms with Crippen LogP contribution in [0.15, 0.2) is 4.90 Å². The molecule has 6 nitrogen and oxygen atoms in total. The Kier molecular flexibility index (Phi) is 4.72. The Morgan fingerprint density at radius 1 is 1.53 bits per heavy atom. The number of nitrogens with two attached hydrogens (primary N) is 1. The molecule has 98 valence electrons. The molecule has 1 rings (SSSR count). The highest BCUT2D eigenvalue weighted by Crippen LogP contribution is 2.33. The minimum atomic E-state index is -3.36. The summed E-state index contributed by atoms with van der Waals surface area (Å²) in [5.74, 6) is 0.0655. The van der Waals surface area contributed by atoms with Crippen molar-refractivity contribution >= 4 is 32.2 Å². The third-order valence-corrected chi connectivity index (χ3v) is 4.40. The van der Waals surface area contributed by atoms with E-state index in [4.69, 9.17) is 10.5 Å². The highest BCUT2D eigenvalue weighted by Gasteiger charge is 2.23. The average molecular weight is 279 g/mol. The number of nitrogen functional groups attached to an aromatic ring is 1. The van der Waals surface area contributed by atoms with Gasteiger partial charge in [-0.25, -0.2) is 8.42 Å². The summed E-state index contributed by atoms with van der Waals surface area (Å²) in [6.45, 7) is 3.68. The van der Waals surface area contributed by atoms with Gasteiger partial charge >= 0.3 is 0 Å². The van der Waals surface area contributed by atoms with Gasteiger partial charge in [0.1, 0.15) is 9.90 Å². The van der Waals surface area contributed by atoms with Gasteiger partial charge in [-0.3, -0.25) is 0 Å². The topological polar surface area (TPSA) is 85.5 Å². The van der Waals surface area contributed by atoms with Gasteiger partial charge in [-0.1, -0.05) is 0 Å². The van der Waals surface area contributed by atoms with Gasteiger partial charge in [0.2, 0.25) is 0 Å². The van der Waals surface area contributed by atoms with E-state index >= 15 is 0 Å². The fourth-order valence-electron chi connectivity index (χ4n) is 1.32. The van der Waals surface area contributed by atoms with E-state index in [-0.39, 0.29) is 10.7 Å². The molecular weight excluding hydrogens is 262 g/mol. The summed E-state index contributed by atoms with van der Waals surface area (Å²) < 4.78 is 32.3. The summed E-state index contributed by atoms with van der Waals surface area (Å²) in [7, 11) is -1.56. The van der Waals surface area contributed by atoms with Gasteiger partial charge in [-0.05, 0) is 18.5 Å². The summed E-state index contributed by atoms with van der Waals surface area (Å²) >= 11 is 1.09. The van der Waals surface area contributed by atoms with Crippen LogP contribution in [0.25, 0.3) is 0 Å². The van der Waals surface area contributed by atoms with Crippen LogP contribution in [0.2, 0.25) is 0 Å². The molecule has 0 aliphatic carbocycles. The van der Waals surface area contributed by atoms with Crippen molar-refractivity contribution in [3.05, 3.63) is 0 Å². The van der Waals surface area contributed by atoms with Crippen molar-refractivity contribution in [1.29, 1.82) is 0 Å². The second kappa shape index (κ2) is 5.65. The molecule has 1 heterocycles. The number of nitrogens with zero attached hydrogens (tertiary/aromatic N) is 2. The van der Waals surface area contributed by atoms with Crippen molar-refractivity contribution in [3.63, 3.8) is 0 Å². The minimum Gasteiger partial charge on any atom is -0.382 e. The lowest BCUT2D eigenvalue weighted by Crippen LogP contribution is -2.23. The largest absolute Gasteiger partial charge is 0.382 e. The second-order valence-corrected chi connectivity index (χ2v) is 6.30. The van der Waals surface area contributed by atoms with E-state index in [9.17, 15) is 8.42 Å². The van der Waals surface area contributed by atoms with E-state index in [0.29, 0.717) is 24.8 Å². The molecule has 0 spiro atoms. The van der Waals surface area contributed by atoms with E-state index < -0.39 is 9.84 Å². The van der Waals surface area contributed by atoms with Crippen LogP contribution in [0.3, 0.4) is 0 Å². The summed E-state index contributed by atoms with van der Waals surface area (Å²) in [6, 6.07) is 0. The van der Waals surface area contributed by atoms with Gasteiger partial charge in [-0.2, -0.15) is 4.37 Å². The number of rotatable bonds is 6. The average Bonchev–Trinajstić information content (AvgIpc) is 2.60. The summed E-state index contributed by atoms with van der Waals surface area (Å²) in [4.78, 5) is 1.90. The van der Waals surface area contributed by atoms with Crippen LogP contribution in [-0.2, 0) is 14.6 Å². The molecule has 1 aromatic rings. The van der Waals surface area contributed by atoms with E-state index in [1.165, 1.54) is 0 Å². The molecule has 17 heavy (non-hydrogen) atoms. The summed E-state index contributed by atoms with van der Waals surface area (Å²) in [5.41, 5.74) is 5.58. The zero-order valence-electron chi connectivity index (χ0n) is 10.1. The molecule has 0 saturated heterocycles. The quantitative estimate of drug-likeness (QED) is 0.768. The molecule has 0 aromatic carbocycles. The first-order valence-electron chi connectivity index (χ1n) is 5.12. The Morgan fingerprint density at radius 2 is 2.18 bits per heavy atom. The van der Waals surface area contributed by atoms with E-state index in [2.05, 4.69) is 4.37 Å². The molecule has 2 N–H and O–H groups in total. The molecule has 0 atom stereocenters. The predicted molar refractivity (Wildman–Crippen MR) is 69.4 cm³/mol. The van der Waals surface area contributed by atoms with Gasteiger partial charge in [0.25, 0.3) is 0 Å². The van der Waals surface area contributed by atoms with Crippen LogP contribution < -0.4 is 10.6 Å². The number of sulfone groups is 1. The number of anilines is 2. The number of ether oxygens (including phenoxy) is 1. The lowest BCUT2D eigenvalue weighted by atomic mass is 10.5. The third-order valence-electron chi connectivity index (χ3n) is 2.15. The van der Waals surface area contributed by atoms with Gasteiger partial charge < -0.3 is 15.4 Å². The lowest BCUT2D eigenvalue weighted by Gasteiger charge is -2.17. The van der Waals surface area contributed by atoms with Crippen molar-refractivity contribution < 1.29 is 13.2 Å². The molecule has 0 amide bonds. The summed E-state index contributed by atoms with van der Waals surface area (Å²) in [6.07, 6.45) is 1.13. The molecule has 0 aliphatic heterocycles. The molecular formula is C9H17N3O3S2. The molecule has 0 radical (unpaired) electrons. The Balaban J connectivity index is 2.91. The zero-order chi connectivity index (χ0) is 13.1. The van der Waals surface area contributed by atoms with Crippen LogP contribution in [0.5, 0.6) is 0 Å². The maximum atomic E-state index is 11.6. The van der Waals surface area contributed by atoms with Crippen molar-refractivity contribution in [1.82, 2.24) is 4.37 Å². The van der Waals surface area contributed by atoms with Crippen molar-refractivity contribution in [3.8, 4) is 0 Å². The van der Waals surface area contributed by atoms with E-state index in [1.54, 1.807) is 11.9 Å². The van der Waals surface area contributed by atoms with Crippen LogP contribution in [0.1, 0.15) is 6.92 Å². The number of aromatic nitrogens is 1. The number of hydrogen-bond donors (Lipinski definition) is 1. The first kappa shape index (κ1) is 14.2. The molecule has 0 unspecified atom stereocenters. The highest BCUT2D eigenvalue weighted by molar-refractivity contribution is 7.91. The first-order chi connectivity index (χ1) is 7.88. The second-order valence-electron chi connectivity index (χ2n) is 3.59. The van der Waals surface area contributed by atoms with E-state index in [0.717, 1.165) is 17.8 Å². The molecule has 0 aliphatic rings. The van der Waals surface area contributed by atoms with Crippen LogP contribution in [0, 0.1) is 0 Å². The lowest BCUT2D eigenvalue weighted by molar-refractivity contribution is 0.154. The van der Waals surface area contributed by atoms with Gasteiger partial charge in [-0.15, -0.1) is 0 Å². The molecule has 0 fully saturated rings. The van der Waals surface area contributed by atoms with Crippen molar-refractivity contribution in [2.45, 2.75) is 11.8 Å².